The van der Waals surface area contributed by atoms with Gasteiger partial charge >= 0.3 is 0 Å². The lowest BCUT2D eigenvalue weighted by Crippen LogP contribution is -2.32. The number of anilines is 1. The molecule has 1 aliphatic heterocycles. The number of carbonyl (C=O) groups excluding carboxylic acids is 2. The summed E-state index contributed by atoms with van der Waals surface area (Å²) in [5, 5.41) is 20.9. The number of carbonyl (C=O) groups is 2. The van der Waals surface area contributed by atoms with Gasteiger partial charge in [0.05, 0.1) is 16.6 Å². The molecule has 1 aliphatic rings. The molecule has 28 heavy (non-hydrogen) atoms. The van der Waals surface area contributed by atoms with Gasteiger partial charge < -0.3 is 10.2 Å². The zero-order valence-corrected chi connectivity index (χ0v) is 17.0. The third-order valence-electron chi connectivity index (χ3n) is 4.53. The van der Waals surface area contributed by atoms with Gasteiger partial charge in [-0.2, -0.15) is 0 Å². The van der Waals surface area contributed by atoms with Crippen LogP contribution in [0.5, 0.6) is 5.75 Å². The predicted octanol–water partition coefficient (Wildman–Crippen LogP) is 5.21. The predicted molar refractivity (Wildman–Crippen MR) is 109 cm³/mol. The van der Waals surface area contributed by atoms with Gasteiger partial charge in [-0.25, -0.2) is 0 Å². The van der Waals surface area contributed by atoms with E-state index in [1.165, 1.54) is 17.0 Å². The monoisotopic (exact) mass is 419 g/mol. The van der Waals surface area contributed by atoms with E-state index in [9.17, 15) is 19.8 Å². The highest BCUT2D eigenvalue weighted by molar-refractivity contribution is 6.32. The molecule has 0 bridgehead atoms. The molecule has 146 valence electrons. The molecule has 3 rings (SSSR count). The van der Waals surface area contributed by atoms with Gasteiger partial charge in [-0.15, -0.1) is 0 Å². The van der Waals surface area contributed by atoms with Gasteiger partial charge in [-0.3, -0.25) is 14.5 Å². The van der Waals surface area contributed by atoms with Crippen molar-refractivity contribution in [1.82, 2.24) is 0 Å². The fourth-order valence-electron chi connectivity index (χ4n) is 3.12. The number of halogens is 2. The van der Waals surface area contributed by atoms with E-state index in [4.69, 9.17) is 23.2 Å². The number of amides is 1. The van der Waals surface area contributed by atoms with Crippen LogP contribution in [0.1, 0.15) is 32.4 Å². The van der Waals surface area contributed by atoms with Crippen molar-refractivity contribution in [2.75, 3.05) is 4.90 Å². The van der Waals surface area contributed by atoms with Gasteiger partial charge in [0, 0.05) is 16.1 Å². The van der Waals surface area contributed by atoms with Crippen LogP contribution in [0.15, 0.2) is 53.8 Å². The van der Waals surface area contributed by atoms with Crippen LogP contribution in [0.4, 0.5) is 5.69 Å². The fourth-order valence-corrected chi connectivity index (χ4v) is 3.43. The molecule has 2 aromatic rings. The molecule has 0 saturated carbocycles. The second-order valence-electron chi connectivity index (χ2n) is 7.61. The van der Waals surface area contributed by atoms with Crippen LogP contribution in [-0.4, -0.2) is 21.9 Å². The molecular formula is C21H19Cl2NO4. The van der Waals surface area contributed by atoms with E-state index in [-0.39, 0.29) is 22.1 Å². The minimum atomic E-state index is -0.890. The summed E-state index contributed by atoms with van der Waals surface area (Å²) < 4.78 is 0. The normalized spacial score (nSPS) is 17.4. The molecule has 1 amide bonds. The van der Waals surface area contributed by atoms with Crippen molar-refractivity contribution < 1.29 is 19.8 Å². The summed E-state index contributed by atoms with van der Waals surface area (Å²) in [6.07, 6.45) is 0. The van der Waals surface area contributed by atoms with Gasteiger partial charge in [0.1, 0.15) is 5.75 Å². The van der Waals surface area contributed by atoms with Crippen molar-refractivity contribution in [3.63, 3.8) is 0 Å². The molecule has 0 aromatic heterocycles. The van der Waals surface area contributed by atoms with E-state index < -0.39 is 23.1 Å². The van der Waals surface area contributed by atoms with Crippen LogP contribution in [0.25, 0.3) is 0 Å². The van der Waals surface area contributed by atoms with Gasteiger partial charge in [-0.05, 0) is 42.0 Å². The topological polar surface area (TPSA) is 77.8 Å². The Bertz CT molecular complexity index is 990. The highest BCUT2D eigenvalue weighted by Gasteiger charge is 2.46. The smallest absolute Gasteiger partial charge is 0.294 e. The lowest BCUT2D eigenvalue weighted by atomic mass is 9.82. The summed E-state index contributed by atoms with van der Waals surface area (Å²) in [5.74, 6) is -1.76. The highest BCUT2D eigenvalue weighted by Crippen LogP contribution is 2.44. The Hall–Kier alpha value is -2.50. The number of Topliss-reactive ketones (excluding diaryl/α,β-unsaturated/α-hetero) is 1. The number of phenolic OH excluding ortho intramolecular Hbond substituents is 1. The largest absolute Gasteiger partial charge is 0.506 e. The number of aromatic hydroxyl groups is 1. The van der Waals surface area contributed by atoms with Crippen LogP contribution in [-0.2, 0) is 9.59 Å². The lowest BCUT2D eigenvalue weighted by molar-refractivity contribution is -0.123. The standard InChI is InChI=1S/C21H19Cl2NO4/c1-21(2,3)19(27)16-17(11-4-9-15(25)14(23)10-11)24(20(28)18(16)26)13-7-5-12(22)6-8-13/h4-10,17,25-26H,1-3H3. The zero-order chi connectivity index (χ0) is 20.8. The Kier molecular flexibility index (Phi) is 5.17. The second-order valence-corrected chi connectivity index (χ2v) is 8.45. The van der Waals surface area contributed by atoms with Gasteiger partial charge in [0.15, 0.2) is 11.5 Å². The number of ketones is 1. The van der Waals surface area contributed by atoms with Crippen molar-refractivity contribution in [3.05, 3.63) is 69.4 Å². The summed E-state index contributed by atoms with van der Waals surface area (Å²) in [4.78, 5) is 27.3. The van der Waals surface area contributed by atoms with Crippen LogP contribution in [0.3, 0.4) is 0 Å². The molecule has 0 fully saturated rings. The summed E-state index contributed by atoms with van der Waals surface area (Å²) in [6, 6.07) is 10.0. The molecule has 0 saturated heterocycles. The number of nitrogens with zero attached hydrogens (tertiary/aromatic N) is 1. The summed E-state index contributed by atoms with van der Waals surface area (Å²) in [5.41, 5.74) is 0.127. The molecule has 5 nitrogen and oxygen atoms in total. The third-order valence-corrected chi connectivity index (χ3v) is 5.08. The third kappa shape index (κ3) is 3.48. The minimum Gasteiger partial charge on any atom is -0.506 e. The fraction of sp³-hybridized carbons (Fsp3) is 0.238. The maximum Gasteiger partial charge on any atom is 0.294 e. The highest BCUT2D eigenvalue weighted by atomic mass is 35.5. The molecule has 2 aromatic carbocycles. The number of hydrogen-bond donors (Lipinski definition) is 2. The summed E-state index contributed by atoms with van der Waals surface area (Å²) >= 11 is 12.0. The van der Waals surface area contributed by atoms with Gasteiger partial charge in [0.2, 0.25) is 0 Å². The molecule has 7 heteroatoms. The summed E-state index contributed by atoms with van der Waals surface area (Å²) in [7, 11) is 0. The number of rotatable bonds is 3. The first-order valence-corrected chi connectivity index (χ1v) is 9.33. The average Bonchev–Trinajstić information content (AvgIpc) is 2.88. The van der Waals surface area contributed by atoms with Crippen molar-refractivity contribution >= 4 is 40.6 Å². The quantitative estimate of drug-likeness (QED) is 0.714. The molecule has 1 atom stereocenters. The summed E-state index contributed by atoms with van der Waals surface area (Å²) in [6.45, 7) is 5.14. The molecule has 1 unspecified atom stereocenters. The molecule has 0 radical (unpaired) electrons. The molecule has 2 N–H and O–H groups in total. The Balaban J connectivity index is 2.22. The maximum absolute atomic E-state index is 13.1. The average molecular weight is 420 g/mol. The minimum absolute atomic E-state index is 0.00536. The first kappa shape index (κ1) is 20.2. The number of aliphatic hydroxyl groups is 1. The van der Waals surface area contributed by atoms with E-state index in [1.807, 2.05) is 0 Å². The molecule has 0 spiro atoms. The van der Waals surface area contributed by atoms with Crippen LogP contribution < -0.4 is 4.90 Å². The van der Waals surface area contributed by atoms with E-state index in [0.717, 1.165) is 0 Å². The number of hydrogen-bond acceptors (Lipinski definition) is 4. The molecular weight excluding hydrogens is 401 g/mol. The van der Waals surface area contributed by atoms with Crippen LogP contribution in [0, 0.1) is 5.41 Å². The van der Waals surface area contributed by atoms with E-state index in [1.54, 1.807) is 51.1 Å². The number of aliphatic hydroxyl groups excluding tert-OH is 1. The first-order valence-electron chi connectivity index (χ1n) is 8.58. The number of phenols is 1. The van der Waals surface area contributed by atoms with E-state index >= 15 is 0 Å². The van der Waals surface area contributed by atoms with Crippen molar-refractivity contribution in [1.29, 1.82) is 0 Å². The lowest BCUT2D eigenvalue weighted by Gasteiger charge is -2.29. The van der Waals surface area contributed by atoms with Gasteiger partial charge in [-0.1, -0.05) is 50.0 Å². The van der Waals surface area contributed by atoms with E-state index in [2.05, 4.69) is 0 Å². The van der Waals surface area contributed by atoms with Crippen LogP contribution in [0.2, 0.25) is 10.0 Å². The first-order chi connectivity index (χ1) is 13.0. The maximum atomic E-state index is 13.1. The number of benzene rings is 2. The Labute approximate surface area is 172 Å². The van der Waals surface area contributed by atoms with Crippen molar-refractivity contribution in [2.45, 2.75) is 26.8 Å². The van der Waals surface area contributed by atoms with Gasteiger partial charge in [0.25, 0.3) is 5.91 Å². The Morgan fingerprint density at radius 1 is 1.04 bits per heavy atom. The molecule has 1 heterocycles. The van der Waals surface area contributed by atoms with Crippen LogP contribution >= 0.6 is 23.2 Å². The Morgan fingerprint density at radius 2 is 1.64 bits per heavy atom. The van der Waals surface area contributed by atoms with E-state index in [0.29, 0.717) is 16.3 Å². The SMILES string of the molecule is CC(C)(C)C(=O)C1=C(O)C(=O)N(c2ccc(Cl)cc2)C1c1ccc(O)c(Cl)c1. The van der Waals surface area contributed by atoms with Crippen molar-refractivity contribution in [2.24, 2.45) is 5.41 Å². The Morgan fingerprint density at radius 3 is 2.18 bits per heavy atom. The second kappa shape index (κ2) is 7.15. The zero-order valence-electron chi connectivity index (χ0n) is 15.5. The van der Waals surface area contributed by atoms with Crippen molar-refractivity contribution in [3.8, 4) is 5.75 Å². The molecule has 0 aliphatic carbocycles.